The molecule has 2 aromatic carbocycles. The Bertz CT molecular complexity index is 1090. The van der Waals surface area contributed by atoms with Crippen molar-refractivity contribution in [2.75, 3.05) is 31.1 Å². The molecule has 0 saturated carbocycles. The Labute approximate surface area is 184 Å². The van der Waals surface area contributed by atoms with Crippen molar-refractivity contribution in [3.05, 3.63) is 53.5 Å². The van der Waals surface area contributed by atoms with Gasteiger partial charge < -0.3 is 20.3 Å². The molecular weight excluding hydrogens is 412 g/mol. The van der Waals surface area contributed by atoms with Crippen LogP contribution in [0.5, 0.6) is 5.75 Å². The zero-order valence-corrected chi connectivity index (χ0v) is 17.9. The van der Waals surface area contributed by atoms with Crippen molar-refractivity contribution in [2.24, 2.45) is 5.73 Å². The van der Waals surface area contributed by atoms with Crippen LogP contribution in [0.2, 0.25) is 0 Å². The maximum Gasteiger partial charge on any atom is 0.260 e. The molecule has 8 heteroatoms. The second-order valence-electron chi connectivity index (χ2n) is 8.03. The van der Waals surface area contributed by atoms with E-state index < -0.39 is 12.0 Å². The normalized spacial score (nSPS) is 19.2. The van der Waals surface area contributed by atoms with Crippen LogP contribution in [0, 0.1) is 0 Å². The zero-order chi connectivity index (χ0) is 21.4. The number of amides is 2. The highest BCUT2D eigenvalue weighted by Crippen LogP contribution is 2.35. The summed E-state index contributed by atoms with van der Waals surface area (Å²) in [6.45, 7) is 1.91. The average molecular weight is 437 g/mol. The highest BCUT2D eigenvalue weighted by molar-refractivity contribution is 7.18. The highest BCUT2D eigenvalue weighted by Gasteiger charge is 2.32. The molecule has 160 valence electrons. The minimum atomic E-state index is -0.757. The van der Waals surface area contributed by atoms with Crippen molar-refractivity contribution in [3.8, 4) is 5.75 Å². The number of ether oxygens (including phenoxy) is 1. The molecule has 1 aromatic heterocycles. The molecular formula is C23H24N4O3S. The number of hydrogen-bond donors (Lipinski definition) is 1. The van der Waals surface area contributed by atoms with Gasteiger partial charge in [0, 0.05) is 19.0 Å². The molecule has 2 amide bonds. The number of fused-ring (bicyclic) bond motifs is 2. The van der Waals surface area contributed by atoms with Gasteiger partial charge >= 0.3 is 0 Å². The fourth-order valence-corrected chi connectivity index (χ4v) is 5.45. The first kappa shape index (κ1) is 19.8. The number of anilines is 1. The lowest BCUT2D eigenvalue weighted by Gasteiger charge is -2.37. The third kappa shape index (κ3) is 3.95. The molecule has 1 atom stereocenters. The van der Waals surface area contributed by atoms with E-state index >= 15 is 0 Å². The molecule has 3 aromatic rings. The molecule has 2 N–H and O–H groups in total. The number of carbonyl (C=O) groups excluding carboxylic acids is 2. The summed E-state index contributed by atoms with van der Waals surface area (Å²) in [5.74, 6) is 0.510. The molecule has 2 aliphatic rings. The molecule has 31 heavy (non-hydrogen) atoms. The number of thiazole rings is 1. The molecule has 7 nitrogen and oxygen atoms in total. The summed E-state index contributed by atoms with van der Waals surface area (Å²) >= 11 is 1.76. The predicted molar refractivity (Wildman–Crippen MR) is 120 cm³/mol. The maximum absolute atomic E-state index is 13.1. The van der Waals surface area contributed by atoms with Crippen LogP contribution >= 0.6 is 11.3 Å². The average Bonchev–Trinajstić information content (AvgIpc) is 3.23. The van der Waals surface area contributed by atoms with E-state index in [4.69, 9.17) is 15.5 Å². The van der Waals surface area contributed by atoms with Crippen LogP contribution in [-0.4, -0.2) is 54.0 Å². The van der Waals surface area contributed by atoms with Crippen LogP contribution in [0.3, 0.4) is 0 Å². The molecule has 1 fully saturated rings. The topological polar surface area (TPSA) is 88.8 Å². The zero-order valence-electron chi connectivity index (χ0n) is 17.1. The van der Waals surface area contributed by atoms with E-state index in [0.29, 0.717) is 24.8 Å². The van der Waals surface area contributed by atoms with Gasteiger partial charge in [-0.05, 0) is 37.1 Å². The Morgan fingerprint density at radius 1 is 1.10 bits per heavy atom. The number of primary amides is 1. The number of likely N-dealkylation sites (tertiary alicyclic amines) is 1. The van der Waals surface area contributed by atoms with Gasteiger partial charge in [0.1, 0.15) is 5.75 Å². The number of hydrogen-bond acceptors (Lipinski definition) is 6. The second kappa shape index (κ2) is 8.19. The van der Waals surface area contributed by atoms with E-state index in [0.717, 1.165) is 24.0 Å². The van der Waals surface area contributed by atoms with Gasteiger partial charge in [0.25, 0.3) is 5.91 Å². The van der Waals surface area contributed by atoms with Crippen molar-refractivity contribution >= 4 is 39.1 Å². The summed E-state index contributed by atoms with van der Waals surface area (Å²) in [5, 5.41) is 1.17. The van der Waals surface area contributed by atoms with E-state index in [1.165, 1.54) is 9.71 Å². The Kier molecular flexibility index (Phi) is 5.23. The van der Waals surface area contributed by atoms with E-state index in [1.807, 2.05) is 46.2 Å². The largest absolute Gasteiger partial charge is 0.477 e. The summed E-state index contributed by atoms with van der Waals surface area (Å²) in [4.78, 5) is 33.4. The summed E-state index contributed by atoms with van der Waals surface area (Å²) < 4.78 is 6.91. The molecule has 2 aliphatic heterocycles. The number of para-hydroxylation sites is 3. The summed E-state index contributed by atoms with van der Waals surface area (Å²) in [5.41, 5.74) is 7.34. The van der Waals surface area contributed by atoms with Gasteiger partial charge in [-0.15, -0.1) is 11.3 Å². The maximum atomic E-state index is 13.1. The Hall–Kier alpha value is -3.13. The SMILES string of the molecule is NC(=O)[C@H]1CN(CC(=O)N2CCC(c3nc4ccccc4s3)CC2)c2ccccc2O1. The Balaban J connectivity index is 1.24. The predicted octanol–water partition coefficient (Wildman–Crippen LogP) is 2.76. The van der Waals surface area contributed by atoms with Crippen LogP contribution in [0.25, 0.3) is 10.2 Å². The number of benzene rings is 2. The van der Waals surface area contributed by atoms with Gasteiger partial charge in [-0.3, -0.25) is 9.59 Å². The molecule has 1 saturated heterocycles. The first-order valence-electron chi connectivity index (χ1n) is 10.5. The Morgan fingerprint density at radius 3 is 2.61 bits per heavy atom. The lowest BCUT2D eigenvalue weighted by atomic mass is 9.97. The van der Waals surface area contributed by atoms with Crippen LogP contribution in [0.15, 0.2) is 48.5 Å². The molecule has 3 heterocycles. The number of piperidine rings is 1. The first-order valence-corrected chi connectivity index (χ1v) is 11.3. The van der Waals surface area contributed by atoms with Gasteiger partial charge in [-0.2, -0.15) is 0 Å². The lowest BCUT2D eigenvalue weighted by molar-refractivity contribution is -0.131. The van der Waals surface area contributed by atoms with Crippen molar-refractivity contribution in [2.45, 2.75) is 24.9 Å². The van der Waals surface area contributed by atoms with Crippen molar-refractivity contribution in [1.82, 2.24) is 9.88 Å². The minimum Gasteiger partial charge on any atom is -0.477 e. The van der Waals surface area contributed by atoms with E-state index in [9.17, 15) is 9.59 Å². The number of aromatic nitrogens is 1. The van der Waals surface area contributed by atoms with Gasteiger partial charge in [0.15, 0.2) is 6.10 Å². The number of carbonyl (C=O) groups is 2. The van der Waals surface area contributed by atoms with E-state index in [-0.39, 0.29) is 19.0 Å². The first-order chi connectivity index (χ1) is 15.1. The van der Waals surface area contributed by atoms with Gasteiger partial charge in [0.2, 0.25) is 5.91 Å². The molecule has 0 unspecified atom stereocenters. The summed E-state index contributed by atoms with van der Waals surface area (Å²) in [6, 6.07) is 15.6. The number of rotatable bonds is 4. The fraction of sp³-hybridized carbons (Fsp3) is 0.348. The number of nitrogens with zero attached hydrogens (tertiary/aromatic N) is 3. The molecule has 5 rings (SSSR count). The van der Waals surface area contributed by atoms with Crippen LogP contribution in [0.4, 0.5) is 5.69 Å². The van der Waals surface area contributed by atoms with Crippen LogP contribution in [-0.2, 0) is 9.59 Å². The monoisotopic (exact) mass is 436 g/mol. The number of nitrogens with two attached hydrogens (primary N) is 1. The van der Waals surface area contributed by atoms with Gasteiger partial charge in [-0.25, -0.2) is 4.98 Å². The lowest BCUT2D eigenvalue weighted by Crippen LogP contribution is -2.51. The van der Waals surface area contributed by atoms with Crippen LogP contribution in [0.1, 0.15) is 23.8 Å². The fourth-order valence-electron chi connectivity index (χ4n) is 4.31. The molecule has 0 spiro atoms. The standard InChI is InChI=1S/C23H24N4O3S/c24-22(29)19-13-27(17-6-2-3-7-18(17)30-19)14-21(28)26-11-9-15(10-12-26)23-25-16-5-1-4-8-20(16)31-23/h1-8,15,19H,9-14H2,(H2,24,29)/t19-/m1/s1. The highest BCUT2D eigenvalue weighted by atomic mass is 32.1. The molecule has 0 aliphatic carbocycles. The van der Waals surface area contributed by atoms with Gasteiger partial charge in [-0.1, -0.05) is 24.3 Å². The quantitative estimate of drug-likeness (QED) is 0.679. The van der Waals surface area contributed by atoms with Crippen LogP contribution < -0.4 is 15.4 Å². The summed E-state index contributed by atoms with van der Waals surface area (Å²) in [7, 11) is 0. The molecule has 0 radical (unpaired) electrons. The van der Waals surface area contributed by atoms with E-state index in [2.05, 4.69) is 6.07 Å². The molecule has 0 bridgehead atoms. The Morgan fingerprint density at radius 2 is 1.84 bits per heavy atom. The van der Waals surface area contributed by atoms with E-state index in [1.54, 1.807) is 17.4 Å². The van der Waals surface area contributed by atoms with Crippen molar-refractivity contribution in [3.63, 3.8) is 0 Å². The summed E-state index contributed by atoms with van der Waals surface area (Å²) in [6.07, 6.45) is 1.07. The second-order valence-corrected chi connectivity index (χ2v) is 9.09. The minimum absolute atomic E-state index is 0.0580. The van der Waals surface area contributed by atoms with Crippen molar-refractivity contribution in [1.29, 1.82) is 0 Å². The smallest absolute Gasteiger partial charge is 0.260 e. The van der Waals surface area contributed by atoms with Crippen molar-refractivity contribution < 1.29 is 14.3 Å². The van der Waals surface area contributed by atoms with Gasteiger partial charge in [0.05, 0.1) is 34.0 Å². The third-order valence-electron chi connectivity index (χ3n) is 6.01. The third-order valence-corrected chi connectivity index (χ3v) is 7.21.